The number of guanidine groups is 1. The van der Waals surface area contributed by atoms with Crippen LogP contribution in [0.1, 0.15) is 51.0 Å². The molecule has 0 aliphatic heterocycles. The lowest BCUT2D eigenvalue weighted by Gasteiger charge is -2.37. The molecule has 0 spiro atoms. The van der Waals surface area contributed by atoms with Gasteiger partial charge in [0.2, 0.25) is 0 Å². The SMILES string of the molecule is CCC(CC)(CNC(=NC)NCc1nnc2ccccn12)NC(C)c1ccccc1. The van der Waals surface area contributed by atoms with Crippen molar-refractivity contribution >= 4 is 11.6 Å². The average molecular weight is 408 g/mol. The summed E-state index contributed by atoms with van der Waals surface area (Å²) in [5.41, 5.74) is 2.10. The largest absolute Gasteiger partial charge is 0.355 e. The summed E-state index contributed by atoms with van der Waals surface area (Å²) in [4.78, 5) is 4.39. The van der Waals surface area contributed by atoms with Crippen LogP contribution in [-0.4, -0.2) is 39.7 Å². The summed E-state index contributed by atoms with van der Waals surface area (Å²) in [5.74, 6) is 1.60. The number of aromatic nitrogens is 3. The zero-order valence-electron chi connectivity index (χ0n) is 18.4. The molecule has 3 aromatic rings. The first kappa shape index (κ1) is 21.8. The molecule has 2 heterocycles. The first-order valence-electron chi connectivity index (χ1n) is 10.7. The van der Waals surface area contributed by atoms with Crippen LogP contribution in [0.2, 0.25) is 0 Å². The first-order valence-corrected chi connectivity index (χ1v) is 10.7. The number of aliphatic imine (C=N–C) groups is 1. The van der Waals surface area contributed by atoms with Crippen molar-refractivity contribution in [3.63, 3.8) is 0 Å². The standard InChI is InChI=1S/C23H33N7/c1-5-23(6-2,27-18(3)19-12-8-7-9-13-19)17-26-22(24-4)25-16-21-29-28-20-14-10-11-15-30(20)21/h7-15,18,27H,5-6,16-17H2,1-4H3,(H2,24,25,26). The van der Waals surface area contributed by atoms with Crippen molar-refractivity contribution in [3.8, 4) is 0 Å². The second-order valence-corrected chi connectivity index (χ2v) is 7.59. The van der Waals surface area contributed by atoms with Crippen LogP contribution in [0.4, 0.5) is 0 Å². The molecule has 7 heteroatoms. The third kappa shape index (κ3) is 5.16. The van der Waals surface area contributed by atoms with Crippen molar-refractivity contribution < 1.29 is 0 Å². The molecule has 1 aromatic carbocycles. The molecule has 0 saturated carbocycles. The lowest BCUT2D eigenvalue weighted by molar-refractivity contribution is 0.271. The Labute approximate surface area is 179 Å². The zero-order valence-corrected chi connectivity index (χ0v) is 18.4. The van der Waals surface area contributed by atoms with E-state index in [0.717, 1.165) is 36.8 Å². The van der Waals surface area contributed by atoms with E-state index < -0.39 is 0 Å². The van der Waals surface area contributed by atoms with Gasteiger partial charge in [-0.15, -0.1) is 10.2 Å². The third-order valence-corrected chi connectivity index (χ3v) is 5.79. The maximum atomic E-state index is 4.39. The van der Waals surface area contributed by atoms with Crippen molar-refractivity contribution in [1.29, 1.82) is 0 Å². The maximum absolute atomic E-state index is 4.39. The van der Waals surface area contributed by atoms with Crippen LogP contribution in [0.15, 0.2) is 59.7 Å². The normalized spacial score (nSPS) is 13.4. The predicted octanol–water partition coefficient (Wildman–Crippen LogP) is 3.30. The second-order valence-electron chi connectivity index (χ2n) is 7.59. The third-order valence-electron chi connectivity index (χ3n) is 5.79. The number of pyridine rings is 1. The van der Waals surface area contributed by atoms with E-state index in [-0.39, 0.29) is 11.6 Å². The van der Waals surface area contributed by atoms with Gasteiger partial charge in [-0.3, -0.25) is 9.39 Å². The fourth-order valence-corrected chi connectivity index (χ4v) is 3.69. The lowest BCUT2D eigenvalue weighted by Crippen LogP contribution is -2.55. The van der Waals surface area contributed by atoms with Gasteiger partial charge in [-0.2, -0.15) is 0 Å². The molecule has 0 saturated heterocycles. The van der Waals surface area contributed by atoms with Gasteiger partial charge in [-0.25, -0.2) is 0 Å². The van der Waals surface area contributed by atoms with E-state index in [9.17, 15) is 0 Å². The monoisotopic (exact) mass is 407 g/mol. The minimum Gasteiger partial charge on any atom is -0.355 e. The Bertz CT molecular complexity index is 944. The highest BCUT2D eigenvalue weighted by molar-refractivity contribution is 5.79. The van der Waals surface area contributed by atoms with Crippen LogP contribution in [0.3, 0.4) is 0 Å². The van der Waals surface area contributed by atoms with E-state index in [1.807, 2.05) is 28.8 Å². The Balaban J connectivity index is 1.60. The Hall–Kier alpha value is -2.93. The number of fused-ring (bicyclic) bond motifs is 1. The van der Waals surface area contributed by atoms with Gasteiger partial charge in [0, 0.05) is 31.4 Å². The van der Waals surface area contributed by atoms with E-state index in [1.165, 1.54) is 5.56 Å². The molecular weight excluding hydrogens is 374 g/mol. The highest BCUT2D eigenvalue weighted by Crippen LogP contribution is 2.21. The highest BCUT2D eigenvalue weighted by Gasteiger charge is 2.28. The van der Waals surface area contributed by atoms with Crippen molar-refractivity contribution in [2.75, 3.05) is 13.6 Å². The van der Waals surface area contributed by atoms with Gasteiger partial charge in [0.25, 0.3) is 0 Å². The van der Waals surface area contributed by atoms with Crippen LogP contribution in [0, 0.1) is 0 Å². The van der Waals surface area contributed by atoms with Crippen molar-refractivity contribution in [3.05, 3.63) is 66.1 Å². The topological polar surface area (TPSA) is 78.6 Å². The van der Waals surface area contributed by atoms with Gasteiger partial charge in [0.15, 0.2) is 17.4 Å². The molecule has 1 unspecified atom stereocenters. The lowest BCUT2D eigenvalue weighted by atomic mass is 9.90. The van der Waals surface area contributed by atoms with Gasteiger partial charge >= 0.3 is 0 Å². The quantitative estimate of drug-likeness (QED) is 0.375. The number of rotatable bonds is 9. The molecule has 30 heavy (non-hydrogen) atoms. The van der Waals surface area contributed by atoms with Gasteiger partial charge < -0.3 is 16.0 Å². The molecule has 1 atom stereocenters. The summed E-state index contributed by atoms with van der Waals surface area (Å²) in [7, 11) is 1.79. The van der Waals surface area contributed by atoms with E-state index in [4.69, 9.17) is 0 Å². The predicted molar refractivity (Wildman–Crippen MR) is 122 cm³/mol. The number of nitrogens with one attached hydrogen (secondary N) is 3. The molecule has 2 aromatic heterocycles. The highest BCUT2D eigenvalue weighted by atomic mass is 15.3. The van der Waals surface area contributed by atoms with Gasteiger partial charge in [0.05, 0.1) is 6.54 Å². The molecule has 160 valence electrons. The minimum absolute atomic E-state index is 0.0333. The van der Waals surface area contributed by atoms with Crippen LogP contribution in [-0.2, 0) is 6.54 Å². The van der Waals surface area contributed by atoms with E-state index >= 15 is 0 Å². The summed E-state index contributed by atoms with van der Waals surface area (Å²) < 4.78 is 1.98. The van der Waals surface area contributed by atoms with Crippen LogP contribution in [0.5, 0.6) is 0 Å². The maximum Gasteiger partial charge on any atom is 0.191 e. The van der Waals surface area contributed by atoms with Crippen molar-refractivity contribution in [2.45, 2.75) is 51.7 Å². The molecule has 3 N–H and O–H groups in total. The number of nitrogens with zero attached hydrogens (tertiary/aromatic N) is 4. The fraction of sp³-hybridized carbons (Fsp3) is 0.435. The van der Waals surface area contributed by atoms with Crippen molar-refractivity contribution in [1.82, 2.24) is 30.5 Å². The van der Waals surface area contributed by atoms with Crippen LogP contribution >= 0.6 is 0 Å². The number of hydrogen-bond acceptors (Lipinski definition) is 4. The van der Waals surface area contributed by atoms with E-state index in [1.54, 1.807) is 7.05 Å². The average Bonchev–Trinajstić information content (AvgIpc) is 3.22. The Morgan fingerprint density at radius 3 is 2.47 bits per heavy atom. The molecule has 0 amide bonds. The molecule has 0 bridgehead atoms. The van der Waals surface area contributed by atoms with E-state index in [2.05, 4.69) is 82.2 Å². The minimum atomic E-state index is -0.0333. The summed E-state index contributed by atoms with van der Waals surface area (Å²) in [5, 5.41) is 19.2. The Kier molecular flexibility index (Phi) is 7.41. The summed E-state index contributed by atoms with van der Waals surface area (Å²) in [6.07, 6.45) is 4.00. The van der Waals surface area contributed by atoms with Crippen LogP contribution < -0.4 is 16.0 Å². The molecule has 7 nitrogen and oxygen atoms in total. The summed E-state index contributed by atoms with van der Waals surface area (Å²) in [6.45, 7) is 8.00. The Morgan fingerprint density at radius 1 is 1.03 bits per heavy atom. The summed E-state index contributed by atoms with van der Waals surface area (Å²) >= 11 is 0. The second kappa shape index (κ2) is 10.2. The fourth-order valence-electron chi connectivity index (χ4n) is 3.69. The molecule has 0 aliphatic carbocycles. The molecular formula is C23H33N7. The van der Waals surface area contributed by atoms with E-state index in [0.29, 0.717) is 6.54 Å². The number of benzene rings is 1. The molecule has 0 radical (unpaired) electrons. The zero-order chi connectivity index (χ0) is 21.4. The number of hydrogen-bond donors (Lipinski definition) is 3. The summed E-state index contributed by atoms with van der Waals surface area (Å²) in [6, 6.07) is 16.7. The molecule has 0 aliphatic rings. The van der Waals surface area contributed by atoms with Gasteiger partial charge in [-0.05, 0) is 37.5 Å². The smallest absolute Gasteiger partial charge is 0.191 e. The van der Waals surface area contributed by atoms with Gasteiger partial charge in [0.1, 0.15) is 0 Å². The van der Waals surface area contributed by atoms with Crippen LogP contribution in [0.25, 0.3) is 5.65 Å². The first-order chi connectivity index (χ1) is 14.6. The molecule has 3 rings (SSSR count). The Morgan fingerprint density at radius 2 is 1.77 bits per heavy atom. The molecule has 0 fully saturated rings. The van der Waals surface area contributed by atoms with Crippen molar-refractivity contribution in [2.24, 2.45) is 4.99 Å². The van der Waals surface area contributed by atoms with Gasteiger partial charge in [-0.1, -0.05) is 50.2 Å².